The van der Waals surface area contributed by atoms with Gasteiger partial charge in [0.2, 0.25) is 5.91 Å². The van der Waals surface area contributed by atoms with Crippen molar-refractivity contribution in [3.63, 3.8) is 0 Å². The number of nitrogens with one attached hydrogen (secondary N) is 2. The van der Waals surface area contributed by atoms with Crippen LogP contribution in [0.4, 0.5) is 5.69 Å². The maximum atomic E-state index is 12.1. The molecule has 2 aliphatic rings. The van der Waals surface area contributed by atoms with Crippen LogP contribution in [0.1, 0.15) is 42.5 Å². The first-order chi connectivity index (χ1) is 11.2. The van der Waals surface area contributed by atoms with E-state index in [-0.39, 0.29) is 11.8 Å². The van der Waals surface area contributed by atoms with Gasteiger partial charge in [0.25, 0.3) is 5.91 Å². The normalized spacial score (nSPS) is 18.6. The van der Waals surface area contributed by atoms with Gasteiger partial charge in [0, 0.05) is 50.0 Å². The summed E-state index contributed by atoms with van der Waals surface area (Å²) >= 11 is 0. The average molecular weight is 316 g/mol. The number of likely N-dealkylation sites (tertiary alicyclic amines) is 1. The van der Waals surface area contributed by atoms with Crippen molar-refractivity contribution in [2.75, 3.05) is 37.6 Å². The molecular weight excluding hydrogens is 290 g/mol. The Kier molecular flexibility index (Phi) is 5.28. The summed E-state index contributed by atoms with van der Waals surface area (Å²) in [6, 6.07) is 7.35. The highest BCUT2D eigenvalue weighted by molar-refractivity contribution is 5.97. The quantitative estimate of drug-likeness (QED) is 0.756. The Labute approximate surface area is 137 Å². The van der Waals surface area contributed by atoms with E-state index in [2.05, 4.69) is 5.32 Å². The summed E-state index contributed by atoms with van der Waals surface area (Å²) < 4.78 is 0. The maximum Gasteiger partial charge on any atom is 0.251 e. The Bertz CT molecular complexity index is 550. The van der Waals surface area contributed by atoms with Crippen molar-refractivity contribution in [1.82, 2.24) is 5.32 Å². The first-order valence-electron chi connectivity index (χ1n) is 8.76. The third kappa shape index (κ3) is 4.10. The summed E-state index contributed by atoms with van der Waals surface area (Å²) in [5.74, 6) is 0.146. The summed E-state index contributed by atoms with van der Waals surface area (Å²) in [7, 11) is 0. The molecule has 0 atom stereocenters. The minimum atomic E-state index is -0.0271. The number of rotatable bonds is 6. The number of nitrogens with zero attached hydrogens (tertiary/aromatic N) is 1. The largest absolute Gasteiger partial charge is 0.352 e. The van der Waals surface area contributed by atoms with E-state index in [1.165, 1.54) is 25.9 Å². The second-order valence-electron chi connectivity index (χ2n) is 6.51. The van der Waals surface area contributed by atoms with Crippen LogP contribution in [0.5, 0.6) is 0 Å². The van der Waals surface area contributed by atoms with Crippen LogP contribution < -0.4 is 15.1 Å². The minimum Gasteiger partial charge on any atom is -0.352 e. The molecule has 0 aromatic heterocycles. The number of amides is 2. The highest BCUT2D eigenvalue weighted by Gasteiger charge is 2.21. The maximum absolute atomic E-state index is 12.1. The standard InChI is InChI=1S/C18H25N3O2/c22-17-5-3-14-21(17)16-8-6-15(7-9-16)18(23)19-10-4-13-20-11-1-2-12-20/h6-9H,1-5,10-14H2,(H,19,23)/p+1. The van der Waals surface area contributed by atoms with Crippen LogP contribution in [0.3, 0.4) is 0 Å². The summed E-state index contributed by atoms with van der Waals surface area (Å²) in [4.78, 5) is 27.3. The summed E-state index contributed by atoms with van der Waals surface area (Å²) in [5, 5.41) is 2.99. The van der Waals surface area contributed by atoms with E-state index >= 15 is 0 Å². The van der Waals surface area contributed by atoms with Gasteiger partial charge in [-0.25, -0.2) is 0 Å². The first-order valence-corrected chi connectivity index (χ1v) is 8.76. The smallest absolute Gasteiger partial charge is 0.251 e. The molecule has 0 unspecified atom stereocenters. The monoisotopic (exact) mass is 316 g/mol. The van der Waals surface area contributed by atoms with E-state index < -0.39 is 0 Å². The molecule has 1 aromatic rings. The Morgan fingerprint density at radius 1 is 1.13 bits per heavy atom. The van der Waals surface area contributed by atoms with Crippen LogP contribution in [0.2, 0.25) is 0 Å². The lowest BCUT2D eigenvalue weighted by Crippen LogP contribution is -3.10. The summed E-state index contributed by atoms with van der Waals surface area (Å²) in [5.41, 5.74) is 1.55. The van der Waals surface area contributed by atoms with Crippen molar-refractivity contribution in [3.05, 3.63) is 29.8 Å². The average Bonchev–Trinajstić information content (AvgIpc) is 3.23. The third-order valence-electron chi connectivity index (χ3n) is 4.82. The lowest BCUT2D eigenvalue weighted by atomic mass is 10.2. The van der Waals surface area contributed by atoms with Gasteiger partial charge in [-0.1, -0.05) is 0 Å². The van der Waals surface area contributed by atoms with Crippen LogP contribution in [-0.4, -0.2) is 44.5 Å². The van der Waals surface area contributed by atoms with Crippen LogP contribution in [0, 0.1) is 0 Å². The zero-order valence-corrected chi connectivity index (χ0v) is 13.6. The number of carbonyl (C=O) groups is 2. The molecule has 2 N–H and O–H groups in total. The molecule has 3 rings (SSSR count). The topological polar surface area (TPSA) is 53.9 Å². The highest BCUT2D eigenvalue weighted by atomic mass is 16.2. The van der Waals surface area contributed by atoms with Crippen molar-refractivity contribution in [2.45, 2.75) is 32.1 Å². The molecule has 0 spiro atoms. The molecule has 2 heterocycles. The van der Waals surface area contributed by atoms with Crippen molar-refractivity contribution in [3.8, 4) is 0 Å². The summed E-state index contributed by atoms with van der Waals surface area (Å²) in [6.45, 7) is 5.23. The Hall–Kier alpha value is -1.88. The molecule has 1 aromatic carbocycles. The number of benzene rings is 1. The predicted molar refractivity (Wildman–Crippen MR) is 89.8 cm³/mol. The predicted octanol–water partition coefficient (Wildman–Crippen LogP) is 0.612. The second kappa shape index (κ2) is 7.59. The van der Waals surface area contributed by atoms with Crippen LogP contribution in [-0.2, 0) is 4.79 Å². The molecular formula is C18H26N3O2+. The molecule has 2 amide bonds. The van der Waals surface area contributed by atoms with E-state index in [0.29, 0.717) is 12.0 Å². The van der Waals surface area contributed by atoms with E-state index in [9.17, 15) is 9.59 Å². The van der Waals surface area contributed by atoms with Crippen LogP contribution in [0.25, 0.3) is 0 Å². The van der Waals surface area contributed by atoms with Crippen LogP contribution in [0.15, 0.2) is 24.3 Å². The summed E-state index contributed by atoms with van der Waals surface area (Å²) in [6.07, 6.45) is 5.25. The lowest BCUT2D eigenvalue weighted by Gasteiger charge is -2.16. The van der Waals surface area contributed by atoms with E-state index in [0.717, 1.165) is 38.2 Å². The molecule has 23 heavy (non-hydrogen) atoms. The number of carbonyl (C=O) groups excluding carboxylic acids is 2. The number of quaternary nitrogens is 1. The fourth-order valence-electron chi connectivity index (χ4n) is 3.48. The highest BCUT2D eigenvalue weighted by Crippen LogP contribution is 2.21. The fraction of sp³-hybridized carbons (Fsp3) is 0.556. The van der Waals surface area contributed by atoms with Gasteiger partial charge in [0.15, 0.2) is 0 Å². The molecule has 0 saturated carbocycles. The van der Waals surface area contributed by atoms with Crippen molar-refractivity contribution < 1.29 is 14.5 Å². The number of anilines is 1. The van der Waals surface area contributed by atoms with Gasteiger partial charge in [-0.15, -0.1) is 0 Å². The SMILES string of the molecule is O=C(NCCC[NH+]1CCCC1)c1ccc(N2CCCC2=O)cc1. The molecule has 0 aliphatic carbocycles. The number of hydrogen-bond donors (Lipinski definition) is 2. The van der Waals surface area contributed by atoms with Gasteiger partial charge in [-0.3, -0.25) is 9.59 Å². The molecule has 5 nitrogen and oxygen atoms in total. The van der Waals surface area contributed by atoms with Gasteiger partial charge in [-0.2, -0.15) is 0 Å². The van der Waals surface area contributed by atoms with Crippen molar-refractivity contribution >= 4 is 17.5 Å². The molecule has 2 aliphatic heterocycles. The van der Waals surface area contributed by atoms with E-state index in [4.69, 9.17) is 0 Å². The molecule has 5 heteroatoms. The van der Waals surface area contributed by atoms with Gasteiger partial charge < -0.3 is 15.1 Å². The Morgan fingerprint density at radius 3 is 2.52 bits per heavy atom. The molecule has 2 fully saturated rings. The zero-order chi connectivity index (χ0) is 16.1. The first kappa shape index (κ1) is 16.0. The van der Waals surface area contributed by atoms with E-state index in [1.54, 1.807) is 9.80 Å². The lowest BCUT2D eigenvalue weighted by molar-refractivity contribution is -0.887. The van der Waals surface area contributed by atoms with Crippen LogP contribution >= 0.6 is 0 Å². The van der Waals surface area contributed by atoms with Crippen molar-refractivity contribution in [1.29, 1.82) is 0 Å². The number of hydrogen-bond acceptors (Lipinski definition) is 2. The molecule has 0 radical (unpaired) electrons. The van der Waals surface area contributed by atoms with Gasteiger partial charge in [-0.05, 0) is 30.7 Å². The van der Waals surface area contributed by atoms with E-state index in [1.807, 2.05) is 24.3 Å². The molecule has 0 bridgehead atoms. The molecule has 124 valence electrons. The fourth-order valence-corrected chi connectivity index (χ4v) is 3.48. The minimum absolute atomic E-state index is 0.0271. The second-order valence-corrected chi connectivity index (χ2v) is 6.51. The third-order valence-corrected chi connectivity index (χ3v) is 4.82. The van der Waals surface area contributed by atoms with Crippen molar-refractivity contribution in [2.24, 2.45) is 0 Å². The van der Waals surface area contributed by atoms with Gasteiger partial charge in [0.05, 0.1) is 19.6 Å². The molecule has 2 saturated heterocycles. The van der Waals surface area contributed by atoms with Gasteiger partial charge in [0.1, 0.15) is 0 Å². The van der Waals surface area contributed by atoms with Gasteiger partial charge >= 0.3 is 0 Å². The zero-order valence-electron chi connectivity index (χ0n) is 13.6. The Balaban J connectivity index is 1.44. The Morgan fingerprint density at radius 2 is 1.87 bits per heavy atom.